The smallest absolute Gasteiger partial charge is 0.224 e. The molecule has 0 aliphatic rings. The standard InChI is InChI=1S/C13H15N3O2/c1-18-11-4-2-10(3-5-11)8-13(17)16-9-12-14-6-7-15-12/h2-7H,8-9H2,1H3,(H,14,15)(H,16,17). The SMILES string of the molecule is COc1ccc(CC(=O)NCc2ncc[nH]2)cc1. The lowest BCUT2D eigenvalue weighted by molar-refractivity contribution is -0.120. The molecule has 0 fully saturated rings. The molecule has 1 heterocycles. The number of aromatic nitrogens is 2. The zero-order valence-corrected chi connectivity index (χ0v) is 10.1. The number of carbonyl (C=O) groups excluding carboxylic acids is 1. The zero-order chi connectivity index (χ0) is 12.8. The van der Waals surface area contributed by atoms with Crippen LogP contribution in [0.1, 0.15) is 11.4 Å². The molecule has 5 nitrogen and oxygen atoms in total. The lowest BCUT2D eigenvalue weighted by atomic mass is 10.1. The Hall–Kier alpha value is -2.30. The highest BCUT2D eigenvalue weighted by molar-refractivity contribution is 5.78. The van der Waals surface area contributed by atoms with Gasteiger partial charge < -0.3 is 15.0 Å². The van der Waals surface area contributed by atoms with Crippen molar-refractivity contribution in [2.45, 2.75) is 13.0 Å². The maximum atomic E-state index is 11.7. The van der Waals surface area contributed by atoms with Crippen LogP contribution in [-0.4, -0.2) is 23.0 Å². The average Bonchev–Trinajstić information content (AvgIpc) is 2.90. The Balaban J connectivity index is 1.83. The van der Waals surface area contributed by atoms with Crippen molar-refractivity contribution in [1.82, 2.24) is 15.3 Å². The van der Waals surface area contributed by atoms with Gasteiger partial charge in [-0.1, -0.05) is 12.1 Å². The van der Waals surface area contributed by atoms with Crippen LogP contribution < -0.4 is 10.1 Å². The molecule has 0 unspecified atom stereocenters. The van der Waals surface area contributed by atoms with Crippen LogP contribution in [0.15, 0.2) is 36.7 Å². The van der Waals surface area contributed by atoms with Gasteiger partial charge in [-0.15, -0.1) is 0 Å². The number of H-pyrrole nitrogens is 1. The number of amides is 1. The van der Waals surface area contributed by atoms with Crippen molar-refractivity contribution in [2.75, 3.05) is 7.11 Å². The van der Waals surface area contributed by atoms with E-state index >= 15 is 0 Å². The lowest BCUT2D eigenvalue weighted by Crippen LogP contribution is -2.25. The third-order valence-corrected chi connectivity index (χ3v) is 2.53. The van der Waals surface area contributed by atoms with Gasteiger partial charge in [-0.2, -0.15) is 0 Å². The van der Waals surface area contributed by atoms with Crippen LogP contribution in [0.25, 0.3) is 0 Å². The van der Waals surface area contributed by atoms with Crippen LogP contribution in [-0.2, 0) is 17.8 Å². The summed E-state index contributed by atoms with van der Waals surface area (Å²) in [5.41, 5.74) is 0.952. The first-order valence-electron chi connectivity index (χ1n) is 5.66. The molecular weight excluding hydrogens is 230 g/mol. The Kier molecular flexibility index (Phi) is 3.96. The van der Waals surface area contributed by atoms with Gasteiger partial charge in [0.2, 0.25) is 5.91 Å². The highest BCUT2D eigenvalue weighted by Gasteiger charge is 2.04. The van der Waals surface area contributed by atoms with E-state index in [-0.39, 0.29) is 5.91 Å². The predicted octanol–water partition coefficient (Wildman–Crippen LogP) is 1.28. The van der Waals surface area contributed by atoms with E-state index < -0.39 is 0 Å². The summed E-state index contributed by atoms with van der Waals surface area (Å²) in [6.07, 6.45) is 3.74. The molecule has 94 valence electrons. The predicted molar refractivity (Wildman–Crippen MR) is 67.1 cm³/mol. The van der Waals surface area contributed by atoms with Crippen molar-refractivity contribution in [3.05, 3.63) is 48.0 Å². The van der Waals surface area contributed by atoms with E-state index in [9.17, 15) is 4.79 Å². The third kappa shape index (κ3) is 3.35. The fraction of sp³-hybridized carbons (Fsp3) is 0.231. The van der Waals surface area contributed by atoms with Gasteiger partial charge in [0.15, 0.2) is 0 Å². The van der Waals surface area contributed by atoms with Crippen LogP contribution in [0.4, 0.5) is 0 Å². The van der Waals surface area contributed by atoms with Crippen LogP contribution in [0.2, 0.25) is 0 Å². The van der Waals surface area contributed by atoms with Gasteiger partial charge in [-0.25, -0.2) is 4.98 Å². The molecule has 0 aliphatic carbocycles. The van der Waals surface area contributed by atoms with E-state index in [1.807, 2.05) is 24.3 Å². The van der Waals surface area contributed by atoms with Crippen molar-refractivity contribution < 1.29 is 9.53 Å². The van der Waals surface area contributed by atoms with Crippen LogP contribution in [0.5, 0.6) is 5.75 Å². The Labute approximate surface area is 105 Å². The van der Waals surface area contributed by atoms with Crippen molar-refractivity contribution in [1.29, 1.82) is 0 Å². The van der Waals surface area contributed by atoms with Crippen LogP contribution in [0.3, 0.4) is 0 Å². The summed E-state index contributed by atoms with van der Waals surface area (Å²) in [6.45, 7) is 0.419. The second kappa shape index (κ2) is 5.86. The van der Waals surface area contributed by atoms with Gasteiger partial charge in [-0.3, -0.25) is 4.79 Å². The number of carbonyl (C=O) groups is 1. The van der Waals surface area contributed by atoms with Gasteiger partial charge in [-0.05, 0) is 17.7 Å². The highest BCUT2D eigenvalue weighted by atomic mass is 16.5. The van der Waals surface area contributed by atoms with Gasteiger partial charge >= 0.3 is 0 Å². The monoisotopic (exact) mass is 245 g/mol. The summed E-state index contributed by atoms with van der Waals surface area (Å²) in [7, 11) is 1.62. The molecule has 0 saturated heterocycles. The number of hydrogen-bond donors (Lipinski definition) is 2. The molecule has 0 saturated carbocycles. The minimum atomic E-state index is -0.0310. The third-order valence-electron chi connectivity index (χ3n) is 2.53. The van der Waals surface area contributed by atoms with Crippen LogP contribution in [0, 0.1) is 0 Å². The maximum absolute atomic E-state index is 11.7. The number of methoxy groups -OCH3 is 1. The summed E-state index contributed by atoms with van der Waals surface area (Å²) >= 11 is 0. The van der Waals surface area contributed by atoms with Crippen LogP contribution >= 0.6 is 0 Å². The first-order valence-corrected chi connectivity index (χ1v) is 5.66. The normalized spacial score (nSPS) is 10.1. The van der Waals surface area contributed by atoms with E-state index in [4.69, 9.17) is 4.74 Å². The first kappa shape index (κ1) is 12.2. The molecule has 2 N–H and O–H groups in total. The highest BCUT2D eigenvalue weighted by Crippen LogP contribution is 2.11. The summed E-state index contributed by atoms with van der Waals surface area (Å²) in [5.74, 6) is 1.50. The molecular formula is C13H15N3O2. The topological polar surface area (TPSA) is 67.0 Å². The molecule has 0 aliphatic heterocycles. The fourth-order valence-electron chi connectivity index (χ4n) is 1.57. The molecule has 1 aromatic heterocycles. The molecule has 1 amide bonds. The molecule has 0 bridgehead atoms. The van der Waals surface area contributed by atoms with E-state index in [1.165, 1.54) is 0 Å². The molecule has 0 radical (unpaired) electrons. The Morgan fingerprint density at radius 1 is 1.39 bits per heavy atom. The second-order valence-electron chi connectivity index (χ2n) is 3.84. The molecule has 2 rings (SSSR count). The molecule has 1 aromatic carbocycles. The number of aromatic amines is 1. The first-order chi connectivity index (χ1) is 8.78. The number of rotatable bonds is 5. The minimum absolute atomic E-state index is 0.0310. The number of imidazole rings is 1. The average molecular weight is 245 g/mol. The fourth-order valence-corrected chi connectivity index (χ4v) is 1.57. The van der Waals surface area contributed by atoms with Crippen molar-refractivity contribution >= 4 is 5.91 Å². The van der Waals surface area contributed by atoms with E-state index in [2.05, 4.69) is 15.3 Å². The number of hydrogen-bond acceptors (Lipinski definition) is 3. The molecule has 0 spiro atoms. The Morgan fingerprint density at radius 3 is 2.78 bits per heavy atom. The van der Waals surface area contributed by atoms with E-state index in [0.29, 0.717) is 13.0 Å². The lowest BCUT2D eigenvalue weighted by Gasteiger charge is -2.04. The molecule has 0 atom stereocenters. The summed E-state index contributed by atoms with van der Waals surface area (Å²) in [5, 5.41) is 2.80. The van der Waals surface area contributed by atoms with Gasteiger partial charge in [0.05, 0.1) is 20.1 Å². The Bertz CT molecular complexity index is 491. The van der Waals surface area contributed by atoms with Gasteiger partial charge in [0.25, 0.3) is 0 Å². The number of ether oxygens (including phenoxy) is 1. The summed E-state index contributed by atoms with van der Waals surface area (Å²) < 4.78 is 5.06. The minimum Gasteiger partial charge on any atom is -0.497 e. The van der Waals surface area contributed by atoms with Gasteiger partial charge in [0.1, 0.15) is 11.6 Å². The second-order valence-corrected chi connectivity index (χ2v) is 3.84. The molecule has 5 heteroatoms. The van der Waals surface area contributed by atoms with E-state index in [0.717, 1.165) is 17.1 Å². The quantitative estimate of drug-likeness (QED) is 0.833. The number of benzene rings is 1. The number of nitrogens with zero attached hydrogens (tertiary/aromatic N) is 1. The van der Waals surface area contributed by atoms with Gasteiger partial charge in [0, 0.05) is 12.4 Å². The largest absolute Gasteiger partial charge is 0.497 e. The number of nitrogens with one attached hydrogen (secondary N) is 2. The van der Waals surface area contributed by atoms with Crippen molar-refractivity contribution in [2.24, 2.45) is 0 Å². The molecule has 18 heavy (non-hydrogen) atoms. The summed E-state index contributed by atoms with van der Waals surface area (Å²) in [6, 6.07) is 7.45. The Morgan fingerprint density at radius 2 is 2.17 bits per heavy atom. The maximum Gasteiger partial charge on any atom is 0.224 e. The van der Waals surface area contributed by atoms with Crippen molar-refractivity contribution in [3.63, 3.8) is 0 Å². The zero-order valence-electron chi connectivity index (χ0n) is 10.1. The summed E-state index contributed by atoms with van der Waals surface area (Å²) in [4.78, 5) is 18.6. The van der Waals surface area contributed by atoms with E-state index in [1.54, 1.807) is 19.5 Å². The molecule has 2 aromatic rings. The van der Waals surface area contributed by atoms with Crippen molar-refractivity contribution in [3.8, 4) is 5.75 Å².